The van der Waals surface area contributed by atoms with E-state index in [2.05, 4.69) is 0 Å². The summed E-state index contributed by atoms with van der Waals surface area (Å²) in [6, 6.07) is 15.0. The predicted molar refractivity (Wildman–Crippen MR) is 94.1 cm³/mol. The summed E-state index contributed by atoms with van der Waals surface area (Å²) in [4.78, 5) is 12.5. The number of alkyl halides is 3. The third-order valence-corrected chi connectivity index (χ3v) is 4.30. The van der Waals surface area contributed by atoms with Crippen LogP contribution in [0.3, 0.4) is 0 Å². The molecule has 26 heavy (non-hydrogen) atoms. The van der Waals surface area contributed by atoms with Crippen molar-refractivity contribution in [2.45, 2.75) is 24.9 Å². The molecule has 0 saturated carbocycles. The molecule has 0 bridgehead atoms. The zero-order valence-electron chi connectivity index (χ0n) is 14.5. The zero-order valence-corrected chi connectivity index (χ0v) is 14.5. The topological polar surface area (TPSA) is 40.5 Å². The van der Waals surface area contributed by atoms with Crippen LogP contribution in [-0.2, 0) is 17.4 Å². The molecular formula is C20H22F3NO2. The highest BCUT2D eigenvalue weighted by atomic mass is 19.4. The monoisotopic (exact) mass is 365 g/mol. The fraction of sp³-hybridized carbons (Fsp3) is 0.350. The van der Waals surface area contributed by atoms with Gasteiger partial charge in [0.2, 0.25) is 0 Å². The molecule has 3 nitrogen and oxygen atoms in total. The lowest BCUT2D eigenvalue weighted by atomic mass is 9.89. The largest absolute Gasteiger partial charge is 0.480 e. The summed E-state index contributed by atoms with van der Waals surface area (Å²) < 4.78 is 38.1. The first-order chi connectivity index (χ1) is 12.3. The molecule has 0 aliphatic heterocycles. The Labute approximate surface area is 151 Å². The number of nitrogens with zero attached hydrogens (tertiary/aromatic N) is 1. The SMILES string of the molecule is CN(CC[C@@H](Cc1ccc(C(F)(F)F)cc1)c1ccccc1)CC(=O)O. The number of aliphatic carboxylic acids is 1. The second kappa shape index (κ2) is 8.85. The molecule has 0 amide bonds. The van der Waals surface area contributed by atoms with Crippen molar-refractivity contribution in [3.63, 3.8) is 0 Å². The van der Waals surface area contributed by atoms with Gasteiger partial charge in [0.25, 0.3) is 0 Å². The number of hydrogen-bond donors (Lipinski definition) is 1. The summed E-state index contributed by atoms with van der Waals surface area (Å²) >= 11 is 0. The van der Waals surface area contributed by atoms with Crippen LogP contribution in [-0.4, -0.2) is 36.1 Å². The Balaban J connectivity index is 2.10. The average Bonchev–Trinajstić information content (AvgIpc) is 2.58. The number of hydrogen-bond acceptors (Lipinski definition) is 2. The van der Waals surface area contributed by atoms with Gasteiger partial charge in [-0.3, -0.25) is 9.69 Å². The summed E-state index contributed by atoms with van der Waals surface area (Å²) in [5.41, 5.74) is 1.27. The number of carboxylic acid groups (broad SMARTS) is 1. The lowest BCUT2D eigenvalue weighted by molar-refractivity contribution is -0.138. The minimum atomic E-state index is -4.34. The first-order valence-corrected chi connectivity index (χ1v) is 8.37. The summed E-state index contributed by atoms with van der Waals surface area (Å²) in [6.07, 6.45) is -3.02. The molecule has 2 aromatic carbocycles. The Morgan fingerprint density at radius 3 is 2.23 bits per heavy atom. The van der Waals surface area contributed by atoms with Gasteiger partial charge in [0.05, 0.1) is 12.1 Å². The van der Waals surface area contributed by atoms with Crippen LogP contribution in [0, 0.1) is 0 Å². The number of carboxylic acids is 1. The molecule has 1 N–H and O–H groups in total. The van der Waals surface area contributed by atoms with Gasteiger partial charge in [-0.2, -0.15) is 13.2 Å². The van der Waals surface area contributed by atoms with Crippen LogP contribution < -0.4 is 0 Å². The molecule has 0 radical (unpaired) electrons. The molecule has 0 unspecified atom stereocenters. The first-order valence-electron chi connectivity index (χ1n) is 8.37. The molecule has 2 aromatic rings. The van der Waals surface area contributed by atoms with Gasteiger partial charge in [0, 0.05) is 0 Å². The van der Waals surface area contributed by atoms with Gasteiger partial charge in [-0.15, -0.1) is 0 Å². The Bertz CT molecular complexity index is 699. The van der Waals surface area contributed by atoms with Crippen molar-refractivity contribution in [2.24, 2.45) is 0 Å². The van der Waals surface area contributed by atoms with E-state index >= 15 is 0 Å². The average molecular weight is 365 g/mol. The van der Waals surface area contributed by atoms with Crippen molar-refractivity contribution < 1.29 is 23.1 Å². The summed E-state index contributed by atoms with van der Waals surface area (Å²) in [5.74, 6) is -0.782. The quantitative estimate of drug-likeness (QED) is 0.752. The number of likely N-dealkylation sites (N-methyl/N-ethyl adjacent to an activating group) is 1. The van der Waals surface area contributed by atoms with Crippen LogP contribution in [0.5, 0.6) is 0 Å². The lowest BCUT2D eigenvalue weighted by Gasteiger charge is -2.21. The van der Waals surface area contributed by atoms with E-state index in [4.69, 9.17) is 5.11 Å². The van der Waals surface area contributed by atoms with E-state index in [0.717, 1.165) is 29.7 Å². The minimum Gasteiger partial charge on any atom is -0.480 e. The first kappa shape index (κ1) is 20.0. The van der Waals surface area contributed by atoms with Crippen molar-refractivity contribution in [1.29, 1.82) is 0 Å². The van der Waals surface area contributed by atoms with Gasteiger partial charge in [0.1, 0.15) is 0 Å². The van der Waals surface area contributed by atoms with Crippen LogP contribution in [0.2, 0.25) is 0 Å². The fourth-order valence-electron chi connectivity index (χ4n) is 2.91. The highest BCUT2D eigenvalue weighted by molar-refractivity contribution is 5.68. The molecule has 0 spiro atoms. The Morgan fingerprint density at radius 2 is 1.69 bits per heavy atom. The second-order valence-corrected chi connectivity index (χ2v) is 6.43. The van der Waals surface area contributed by atoms with E-state index in [1.807, 2.05) is 30.3 Å². The highest BCUT2D eigenvalue weighted by Crippen LogP contribution is 2.30. The van der Waals surface area contributed by atoms with Gasteiger partial charge in [-0.25, -0.2) is 0 Å². The van der Waals surface area contributed by atoms with Crippen LogP contribution >= 0.6 is 0 Å². The van der Waals surface area contributed by atoms with Gasteiger partial charge in [0.15, 0.2) is 0 Å². The number of carbonyl (C=O) groups is 1. The molecule has 0 aliphatic rings. The minimum absolute atomic E-state index is 0.0399. The molecule has 0 fully saturated rings. The molecule has 0 saturated heterocycles. The maximum atomic E-state index is 12.7. The van der Waals surface area contributed by atoms with E-state index < -0.39 is 17.7 Å². The van der Waals surface area contributed by atoms with E-state index in [0.29, 0.717) is 13.0 Å². The van der Waals surface area contributed by atoms with Crippen LogP contribution in [0.25, 0.3) is 0 Å². The zero-order chi connectivity index (χ0) is 19.2. The van der Waals surface area contributed by atoms with Crippen LogP contribution in [0.1, 0.15) is 29.0 Å². The Kier molecular flexibility index (Phi) is 6.80. The van der Waals surface area contributed by atoms with Crippen molar-refractivity contribution in [3.8, 4) is 0 Å². The van der Waals surface area contributed by atoms with E-state index in [1.165, 1.54) is 12.1 Å². The van der Waals surface area contributed by atoms with E-state index in [-0.39, 0.29) is 12.5 Å². The molecule has 0 heterocycles. The van der Waals surface area contributed by atoms with Crippen molar-refractivity contribution in [2.75, 3.05) is 20.1 Å². The van der Waals surface area contributed by atoms with Gasteiger partial charge >= 0.3 is 12.1 Å². The Morgan fingerprint density at radius 1 is 1.08 bits per heavy atom. The predicted octanol–water partition coefficient (Wildman–Crippen LogP) is 4.44. The lowest BCUT2D eigenvalue weighted by Crippen LogP contribution is -2.27. The number of rotatable bonds is 8. The number of benzene rings is 2. The normalized spacial score (nSPS) is 13.0. The van der Waals surface area contributed by atoms with E-state index in [1.54, 1.807) is 11.9 Å². The highest BCUT2D eigenvalue weighted by Gasteiger charge is 2.30. The maximum absolute atomic E-state index is 12.7. The third kappa shape index (κ3) is 6.19. The van der Waals surface area contributed by atoms with Crippen molar-refractivity contribution in [3.05, 3.63) is 71.3 Å². The number of halogens is 3. The van der Waals surface area contributed by atoms with E-state index in [9.17, 15) is 18.0 Å². The molecule has 1 atom stereocenters. The summed E-state index contributed by atoms with van der Waals surface area (Å²) in [6.45, 7) is 0.550. The van der Waals surface area contributed by atoms with Gasteiger partial charge in [-0.05, 0) is 55.6 Å². The molecule has 6 heteroatoms. The van der Waals surface area contributed by atoms with Gasteiger partial charge in [-0.1, -0.05) is 42.5 Å². The molecule has 140 valence electrons. The smallest absolute Gasteiger partial charge is 0.416 e. The summed E-state index contributed by atoms with van der Waals surface area (Å²) in [7, 11) is 1.74. The van der Waals surface area contributed by atoms with Crippen molar-refractivity contribution >= 4 is 5.97 Å². The fourth-order valence-corrected chi connectivity index (χ4v) is 2.91. The van der Waals surface area contributed by atoms with Crippen LogP contribution in [0.4, 0.5) is 13.2 Å². The summed E-state index contributed by atoms with van der Waals surface area (Å²) in [5, 5.41) is 8.86. The standard InChI is InChI=1S/C20H22F3NO2/c1-24(14-19(25)26)12-11-17(16-5-3-2-4-6-16)13-15-7-9-18(10-8-15)20(21,22)23/h2-10,17H,11-14H2,1H3,(H,25,26)/t17-/m0/s1. The van der Waals surface area contributed by atoms with Crippen molar-refractivity contribution in [1.82, 2.24) is 4.90 Å². The van der Waals surface area contributed by atoms with Crippen LogP contribution in [0.15, 0.2) is 54.6 Å². The third-order valence-electron chi connectivity index (χ3n) is 4.30. The Hall–Kier alpha value is -2.34. The van der Waals surface area contributed by atoms with Gasteiger partial charge < -0.3 is 5.11 Å². The maximum Gasteiger partial charge on any atom is 0.416 e. The molecule has 0 aliphatic carbocycles. The molecule has 2 rings (SSSR count). The second-order valence-electron chi connectivity index (χ2n) is 6.43. The molecular weight excluding hydrogens is 343 g/mol. The molecule has 0 aromatic heterocycles.